The molecule has 0 aliphatic rings. The number of fused-ring (bicyclic) bond motifs is 5. The van der Waals surface area contributed by atoms with E-state index in [1.54, 1.807) is 16.7 Å². The molecule has 4 aromatic carbocycles. The first kappa shape index (κ1) is 21.4. The van der Waals surface area contributed by atoms with Crippen LogP contribution in [0.5, 0.6) is 5.75 Å². The number of para-hydroxylation sites is 6. The molecule has 0 aliphatic carbocycles. The Morgan fingerprint density at radius 3 is 2.37 bits per heavy atom. The largest absolute Gasteiger partial charge is 2.00 e. The van der Waals surface area contributed by atoms with E-state index in [4.69, 9.17) is 4.98 Å². The molecule has 0 saturated carbocycles. The van der Waals surface area contributed by atoms with Crippen molar-refractivity contribution in [1.29, 1.82) is 0 Å². The maximum Gasteiger partial charge on any atom is 2.00 e. The molecule has 170 valence electrons. The molecular formula is C28H18N5OPt+. The minimum atomic E-state index is 0. The molecule has 7 aromatic rings. The Bertz CT molecular complexity index is 1850. The van der Waals surface area contributed by atoms with Gasteiger partial charge in [0.1, 0.15) is 11.4 Å². The molecule has 0 unspecified atom stereocenters. The first-order chi connectivity index (χ1) is 16.8. The average molecular weight is 636 g/mol. The van der Waals surface area contributed by atoms with E-state index in [0.29, 0.717) is 5.69 Å². The van der Waals surface area contributed by atoms with Gasteiger partial charge in [0.2, 0.25) is 5.78 Å². The Balaban J connectivity index is 0.00000229. The van der Waals surface area contributed by atoms with E-state index in [2.05, 4.69) is 39.6 Å². The molecular weight excluding hydrogens is 617 g/mol. The molecule has 0 aliphatic heterocycles. The maximum atomic E-state index is 10.2. The number of imidazole rings is 3. The van der Waals surface area contributed by atoms with Crippen LogP contribution in [-0.2, 0) is 21.1 Å². The molecule has 0 saturated heterocycles. The number of aromatic nitrogens is 5. The van der Waals surface area contributed by atoms with E-state index in [1.165, 1.54) is 0 Å². The molecule has 0 bridgehead atoms. The summed E-state index contributed by atoms with van der Waals surface area (Å²) in [7, 11) is 0. The summed E-state index contributed by atoms with van der Waals surface area (Å²) in [5.41, 5.74) is 6.56. The molecule has 3 aromatic heterocycles. The Hall–Kier alpha value is -4.15. The van der Waals surface area contributed by atoms with Gasteiger partial charge in [0.05, 0.1) is 22.1 Å². The van der Waals surface area contributed by atoms with Gasteiger partial charge in [-0.25, -0.2) is 4.98 Å². The van der Waals surface area contributed by atoms with Gasteiger partial charge in [-0.3, -0.25) is 8.97 Å². The van der Waals surface area contributed by atoms with Crippen LogP contribution in [0.4, 0.5) is 0 Å². The van der Waals surface area contributed by atoms with Crippen molar-refractivity contribution >= 4 is 27.8 Å². The Morgan fingerprint density at radius 1 is 0.771 bits per heavy atom. The monoisotopic (exact) mass is 635 g/mol. The van der Waals surface area contributed by atoms with Crippen molar-refractivity contribution in [3.05, 3.63) is 116 Å². The van der Waals surface area contributed by atoms with Crippen molar-refractivity contribution in [2.24, 2.45) is 0 Å². The fraction of sp³-hybridized carbons (Fsp3) is 0. The second kappa shape index (κ2) is 8.26. The predicted octanol–water partition coefficient (Wildman–Crippen LogP) is 4.80. The van der Waals surface area contributed by atoms with E-state index in [9.17, 15) is 5.11 Å². The second-order valence-corrected chi connectivity index (χ2v) is 8.11. The van der Waals surface area contributed by atoms with Crippen LogP contribution in [-0.4, -0.2) is 23.6 Å². The van der Waals surface area contributed by atoms with Gasteiger partial charge in [0.25, 0.3) is 6.33 Å². The van der Waals surface area contributed by atoms with Crippen LogP contribution in [0.1, 0.15) is 0 Å². The molecule has 0 atom stereocenters. The van der Waals surface area contributed by atoms with Crippen LogP contribution in [0, 0.1) is 12.4 Å². The van der Waals surface area contributed by atoms with Crippen LogP contribution in [0.15, 0.2) is 103 Å². The normalized spacial score (nSPS) is 11.3. The van der Waals surface area contributed by atoms with Gasteiger partial charge in [-0.15, -0.1) is 6.07 Å². The van der Waals surface area contributed by atoms with Gasteiger partial charge in [0.15, 0.2) is 0 Å². The summed E-state index contributed by atoms with van der Waals surface area (Å²) in [6.45, 7) is 0. The fourth-order valence-corrected chi connectivity index (χ4v) is 4.56. The molecule has 0 radical (unpaired) electrons. The van der Waals surface area contributed by atoms with Gasteiger partial charge >= 0.3 is 21.1 Å². The molecule has 7 rings (SSSR count). The summed E-state index contributed by atoms with van der Waals surface area (Å²) in [5, 5.41) is 10.2. The third-order valence-corrected chi connectivity index (χ3v) is 6.09. The van der Waals surface area contributed by atoms with E-state index < -0.39 is 0 Å². The summed E-state index contributed by atoms with van der Waals surface area (Å²) in [4.78, 5) is 4.94. The van der Waals surface area contributed by atoms with Crippen molar-refractivity contribution in [3.63, 3.8) is 0 Å². The second-order valence-electron chi connectivity index (χ2n) is 8.11. The van der Waals surface area contributed by atoms with Crippen LogP contribution in [0.3, 0.4) is 0 Å². The number of aromatic hydroxyl groups is 1. The van der Waals surface area contributed by atoms with Crippen molar-refractivity contribution < 1.29 is 30.7 Å². The van der Waals surface area contributed by atoms with Gasteiger partial charge in [-0.05, 0) is 42.1 Å². The third kappa shape index (κ3) is 3.29. The summed E-state index contributed by atoms with van der Waals surface area (Å²) in [6.07, 6.45) is 7.03. The zero-order chi connectivity index (χ0) is 22.6. The summed E-state index contributed by atoms with van der Waals surface area (Å²) < 4.78 is 7.96. The van der Waals surface area contributed by atoms with Crippen molar-refractivity contribution in [2.45, 2.75) is 0 Å². The molecule has 0 amide bonds. The van der Waals surface area contributed by atoms with Gasteiger partial charge in [-0.2, -0.15) is 18.2 Å². The van der Waals surface area contributed by atoms with E-state index in [0.717, 1.165) is 39.2 Å². The predicted molar refractivity (Wildman–Crippen MR) is 130 cm³/mol. The van der Waals surface area contributed by atoms with Crippen LogP contribution in [0.25, 0.3) is 44.9 Å². The smallest absolute Gasteiger partial charge is 0.511 e. The summed E-state index contributed by atoms with van der Waals surface area (Å²) in [5.74, 6) is 1.04. The SMILES string of the molecule is Oc1ccccc1-n1[c-][n+](-c2[c-]c(-n3c4ccccc4n4c5ccccc5nc34)ccc2)cc1.[Pt+2]. The van der Waals surface area contributed by atoms with Gasteiger partial charge in [0, 0.05) is 12.4 Å². The quantitative estimate of drug-likeness (QED) is 0.224. The average Bonchev–Trinajstić information content (AvgIpc) is 3.58. The van der Waals surface area contributed by atoms with Crippen LogP contribution < -0.4 is 4.57 Å². The van der Waals surface area contributed by atoms with Crippen LogP contribution in [0.2, 0.25) is 0 Å². The standard InChI is InChI=1S/C28H18N5O.Pt/c34-27-15-6-5-14-26(27)31-17-16-30(19-31)20-8-7-9-21(18-20)32-24-12-3-4-13-25(24)33-23-11-2-1-10-22(23)29-28(32)33;/h1-17,34H;/q-1;+2. The van der Waals surface area contributed by atoms with E-state index >= 15 is 0 Å². The molecule has 3 heterocycles. The van der Waals surface area contributed by atoms with E-state index in [1.807, 2.05) is 77.6 Å². The van der Waals surface area contributed by atoms with Crippen molar-refractivity contribution in [1.82, 2.24) is 18.5 Å². The Labute approximate surface area is 215 Å². The minimum absolute atomic E-state index is 0. The van der Waals surface area contributed by atoms with Crippen molar-refractivity contribution in [3.8, 4) is 22.8 Å². The van der Waals surface area contributed by atoms with Gasteiger partial charge < -0.3 is 14.2 Å². The minimum Gasteiger partial charge on any atom is -0.511 e. The summed E-state index contributed by atoms with van der Waals surface area (Å²) >= 11 is 0. The number of phenols is 1. The third-order valence-electron chi connectivity index (χ3n) is 6.09. The molecule has 0 fully saturated rings. The molecule has 7 heteroatoms. The summed E-state index contributed by atoms with van der Waals surface area (Å²) in [6, 6.07) is 33.3. The maximum absolute atomic E-state index is 10.2. The topological polar surface area (TPSA) is 51.3 Å². The van der Waals surface area contributed by atoms with Crippen LogP contribution >= 0.6 is 0 Å². The van der Waals surface area contributed by atoms with E-state index in [-0.39, 0.29) is 26.8 Å². The number of benzene rings is 4. The Morgan fingerprint density at radius 2 is 1.51 bits per heavy atom. The molecule has 0 spiro atoms. The zero-order valence-corrected chi connectivity index (χ0v) is 20.6. The molecule has 35 heavy (non-hydrogen) atoms. The molecule has 6 nitrogen and oxygen atoms in total. The number of hydrogen-bond donors (Lipinski definition) is 1. The first-order valence-electron chi connectivity index (χ1n) is 11.0. The van der Waals surface area contributed by atoms with Gasteiger partial charge in [-0.1, -0.05) is 42.1 Å². The fourth-order valence-electron chi connectivity index (χ4n) is 4.56. The first-order valence-corrected chi connectivity index (χ1v) is 11.0. The Kier molecular flexibility index (Phi) is 5.05. The number of hydrogen-bond acceptors (Lipinski definition) is 2. The molecule has 1 N–H and O–H groups in total. The zero-order valence-electron chi connectivity index (χ0n) is 18.3. The number of rotatable bonds is 3. The number of phenolic OH excluding ortho intramolecular Hbond substituents is 1. The van der Waals surface area contributed by atoms with Crippen molar-refractivity contribution in [2.75, 3.05) is 0 Å². The number of nitrogens with zero attached hydrogens (tertiary/aromatic N) is 5.